The maximum atomic E-state index is 12.0. The van der Waals surface area contributed by atoms with Gasteiger partial charge in [-0.1, -0.05) is 6.07 Å². The van der Waals surface area contributed by atoms with E-state index in [2.05, 4.69) is 4.98 Å². The molecule has 1 aromatic carbocycles. The minimum atomic E-state index is -3.64. The molecule has 20 heavy (non-hydrogen) atoms. The number of nitrogens with two attached hydrogens (primary N) is 1. The third-order valence-corrected chi connectivity index (χ3v) is 5.79. The number of carbonyl (C=O) groups is 1. The second-order valence-electron chi connectivity index (χ2n) is 5.13. The minimum absolute atomic E-state index is 0.144. The van der Waals surface area contributed by atoms with Crippen molar-refractivity contribution in [3.8, 4) is 0 Å². The average Bonchev–Trinajstić information content (AvgIpc) is 2.79. The summed E-state index contributed by atoms with van der Waals surface area (Å²) in [6, 6.07) is 5.06. The van der Waals surface area contributed by atoms with Gasteiger partial charge < -0.3 is 10.2 Å². The first-order valence-corrected chi connectivity index (χ1v) is 7.40. The zero-order chi connectivity index (χ0) is 14.7. The number of oxazole rings is 1. The van der Waals surface area contributed by atoms with Crippen molar-refractivity contribution in [1.29, 1.82) is 0 Å². The summed E-state index contributed by atoms with van der Waals surface area (Å²) in [5, 5.41) is 0. The van der Waals surface area contributed by atoms with Crippen LogP contribution < -0.4 is 5.73 Å². The van der Waals surface area contributed by atoms with Gasteiger partial charge in [0.2, 0.25) is 5.89 Å². The van der Waals surface area contributed by atoms with Crippen LogP contribution in [0.2, 0.25) is 0 Å². The Kier molecular flexibility index (Phi) is 2.40. The van der Waals surface area contributed by atoms with E-state index in [-0.39, 0.29) is 12.4 Å². The molecule has 0 radical (unpaired) electrons. The molecule has 2 aromatic rings. The normalized spacial score (nSPS) is 20.1. The van der Waals surface area contributed by atoms with Gasteiger partial charge in [0.25, 0.3) is 15.9 Å². The first-order valence-electron chi connectivity index (χ1n) is 5.96. The molecule has 2 N–H and O–H groups in total. The SMILES string of the molecule is CC1(C)C(=O)N(Cc2nc3c(N)cccc3o2)S1(=O)=O. The van der Waals surface area contributed by atoms with Crippen LogP contribution in [-0.4, -0.2) is 28.4 Å². The number of carbonyl (C=O) groups excluding carboxylic acids is 1. The van der Waals surface area contributed by atoms with Gasteiger partial charge in [-0.25, -0.2) is 17.7 Å². The standard InChI is InChI=1S/C12H13N3O4S/c1-12(2)11(16)15(20(12,17)18)6-9-14-10-7(13)4-3-5-8(10)19-9/h3-5H,6,13H2,1-2H3. The third-order valence-electron chi connectivity index (χ3n) is 3.45. The largest absolute Gasteiger partial charge is 0.439 e. The van der Waals surface area contributed by atoms with E-state index in [1.54, 1.807) is 18.2 Å². The fourth-order valence-corrected chi connectivity index (χ4v) is 3.60. The third kappa shape index (κ3) is 1.48. The Bertz CT molecular complexity index is 822. The van der Waals surface area contributed by atoms with Gasteiger partial charge in [-0.15, -0.1) is 0 Å². The van der Waals surface area contributed by atoms with Crippen molar-refractivity contribution in [2.45, 2.75) is 25.1 Å². The molecule has 2 heterocycles. The topological polar surface area (TPSA) is 106 Å². The summed E-state index contributed by atoms with van der Waals surface area (Å²) in [4.78, 5) is 16.0. The number of hydrogen-bond donors (Lipinski definition) is 1. The van der Waals surface area contributed by atoms with Gasteiger partial charge in [-0.2, -0.15) is 0 Å². The number of amides is 1. The first kappa shape index (κ1) is 12.9. The number of nitrogens with zero attached hydrogens (tertiary/aromatic N) is 2. The van der Waals surface area contributed by atoms with E-state index in [9.17, 15) is 13.2 Å². The van der Waals surface area contributed by atoms with Crippen molar-refractivity contribution in [2.24, 2.45) is 0 Å². The molecule has 1 aliphatic rings. The van der Waals surface area contributed by atoms with Crippen LogP contribution in [-0.2, 0) is 21.4 Å². The summed E-state index contributed by atoms with van der Waals surface area (Å²) in [6.07, 6.45) is 0. The second-order valence-corrected chi connectivity index (χ2v) is 7.54. The summed E-state index contributed by atoms with van der Waals surface area (Å²) in [6.45, 7) is 2.55. The predicted molar refractivity (Wildman–Crippen MR) is 72.0 cm³/mol. The van der Waals surface area contributed by atoms with Gasteiger partial charge in [-0.3, -0.25) is 4.79 Å². The van der Waals surface area contributed by atoms with Crippen molar-refractivity contribution >= 4 is 32.7 Å². The zero-order valence-corrected chi connectivity index (χ0v) is 11.8. The van der Waals surface area contributed by atoms with Gasteiger partial charge in [-0.05, 0) is 26.0 Å². The lowest BCUT2D eigenvalue weighted by Crippen LogP contribution is -2.66. The van der Waals surface area contributed by atoms with Crippen LogP contribution in [0.4, 0.5) is 5.69 Å². The Balaban J connectivity index is 1.96. The van der Waals surface area contributed by atoms with Crippen molar-refractivity contribution < 1.29 is 17.6 Å². The van der Waals surface area contributed by atoms with Crippen LogP contribution in [0, 0.1) is 0 Å². The van der Waals surface area contributed by atoms with Crippen molar-refractivity contribution in [1.82, 2.24) is 9.29 Å². The van der Waals surface area contributed by atoms with Crippen molar-refractivity contribution in [2.75, 3.05) is 5.73 Å². The van der Waals surface area contributed by atoms with E-state index in [1.165, 1.54) is 13.8 Å². The molecule has 1 amide bonds. The van der Waals surface area contributed by atoms with Crippen LogP contribution in [0.25, 0.3) is 11.1 Å². The Morgan fingerprint density at radius 1 is 1.40 bits per heavy atom. The van der Waals surface area contributed by atoms with E-state index < -0.39 is 20.7 Å². The van der Waals surface area contributed by atoms with Gasteiger partial charge >= 0.3 is 0 Å². The van der Waals surface area contributed by atoms with E-state index in [1.807, 2.05) is 0 Å². The number of rotatable bonds is 2. The molecule has 1 aliphatic heterocycles. The van der Waals surface area contributed by atoms with E-state index in [0.29, 0.717) is 16.8 Å². The molecule has 0 atom stereocenters. The van der Waals surface area contributed by atoms with Gasteiger partial charge in [0.1, 0.15) is 12.1 Å². The Labute approximate surface area is 115 Å². The number of benzene rings is 1. The highest BCUT2D eigenvalue weighted by Crippen LogP contribution is 2.36. The van der Waals surface area contributed by atoms with Gasteiger partial charge in [0, 0.05) is 0 Å². The summed E-state index contributed by atoms with van der Waals surface area (Å²) >= 11 is 0. The summed E-state index contributed by atoms with van der Waals surface area (Å²) in [5.74, 6) is -0.321. The van der Waals surface area contributed by atoms with E-state index in [0.717, 1.165) is 4.31 Å². The summed E-state index contributed by atoms with van der Waals surface area (Å²) in [5.41, 5.74) is 7.12. The Hall–Kier alpha value is -2.09. The number of hydrogen-bond acceptors (Lipinski definition) is 6. The van der Waals surface area contributed by atoms with E-state index in [4.69, 9.17) is 10.2 Å². The molecule has 0 bridgehead atoms. The predicted octanol–water partition coefficient (Wildman–Crippen LogP) is 0.861. The average molecular weight is 295 g/mol. The lowest BCUT2D eigenvalue weighted by Gasteiger charge is -2.42. The first-order chi connectivity index (χ1) is 9.25. The highest BCUT2D eigenvalue weighted by atomic mass is 32.2. The zero-order valence-electron chi connectivity index (χ0n) is 11.0. The smallest absolute Gasteiger partial charge is 0.259 e. The number of anilines is 1. The van der Waals surface area contributed by atoms with Crippen LogP contribution >= 0.6 is 0 Å². The van der Waals surface area contributed by atoms with Crippen LogP contribution in [0.5, 0.6) is 0 Å². The van der Waals surface area contributed by atoms with Crippen LogP contribution in [0.15, 0.2) is 22.6 Å². The van der Waals surface area contributed by atoms with Crippen molar-refractivity contribution in [3.63, 3.8) is 0 Å². The molecular formula is C12H13N3O4S. The Morgan fingerprint density at radius 2 is 2.10 bits per heavy atom. The molecule has 3 rings (SSSR count). The fourth-order valence-electron chi connectivity index (χ4n) is 2.12. The maximum Gasteiger partial charge on any atom is 0.259 e. The molecule has 1 fully saturated rings. The fraction of sp³-hybridized carbons (Fsp3) is 0.333. The Morgan fingerprint density at radius 3 is 2.70 bits per heavy atom. The highest BCUT2D eigenvalue weighted by Gasteiger charge is 2.60. The number of nitrogen functional groups attached to an aromatic ring is 1. The van der Waals surface area contributed by atoms with Crippen LogP contribution in [0.1, 0.15) is 19.7 Å². The molecule has 0 aliphatic carbocycles. The summed E-state index contributed by atoms with van der Waals surface area (Å²) in [7, 11) is -3.64. The van der Waals surface area contributed by atoms with Gasteiger partial charge in [0.05, 0.1) is 5.69 Å². The lowest BCUT2D eigenvalue weighted by molar-refractivity contribution is -0.132. The number of fused-ring (bicyclic) bond motifs is 1. The number of para-hydroxylation sites is 1. The molecular weight excluding hydrogens is 282 g/mol. The summed E-state index contributed by atoms with van der Waals surface area (Å²) < 4.78 is 28.8. The molecule has 0 spiro atoms. The molecule has 0 saturated carbocycles. The maximum absolute atomic E-state index is 12.0. The monoisotopic (exact) mass is 295 g/mol. The van der Waals surface area contributed by atoms with Crippen LogP contribution in [0.3, 0.4) is 0 Å². The molecule has 7 nitrogen and oxygen atoms in total. The molecule has 1 saturated heterocycles. The number of sulfonamides is 1. The van der Waals surface area contributed by atoms with Gasteiger partial charge in [0.15, 0.2) is 10.3 Å². The molecule has 8 heteroatoms. The highest BCUT2D eigenvalue weighted by molar-refractivity contribution is 7.94. The molecule has 1 aromatic heterocycles. The lowest BCUT2D eigenvalue weighted by atomic mass is 10.2. The number of aromatic nitrogens is 1. The molecule has 0 unspecified atom stereocenters. The minimum Gasteiger partial charge on any atom is -0.439 e. The quantitative estimate of drug-likeness (QED) is 0.823. The molecule has 106 valence electrons. The van der Waals surface area contributed by atoms with Crippen molar-refractivity contribution in [3.05, 3.63) is 24.1 Å². The van der Waals surface area contributed by atoms with E-state index >= 15 is 0 Å². The second kappa shape index (κ2) is 3.72.